The van der Waals surface area contributed by atoms with Gasteiger partial charge in [0.15, 0.2) is 0 Å². The topological polar surface area (TPSA) is 46.2 Å². The first-order chi connectivity index (χ1) is 11.9. The van der Waals surface area contributed by atoms with Crippen LogP contribution in [-0.4, -0.2) is 5.11 Å². The lowest BCUT2D eigenvalue weighted by Crippen LogP contribution is -2.40. The fourth-order valence-electron chi connectivity index (χ4n) is 3.45. The minimum atomic E-state index is -1.30. The Balaban J connectivity index is 2.24. The SMILES string of the molecule is Cc1cccc(C(O)(c2cccc(C)c2)[C@H](N)c2ccccc2C)c1. The molecule has 3 rings (SSSR count). The van der Waals surface area contributed by atoms with Crippen LogP contribution in [0.1, 0.15) is 39.4 Å². The molecule has 128 valence electrons. The van der Waals surface area contributed by atoms with Gasteiger partial charge in [0.05, 0.1) is 6.04 Å². The zero-order valence-electron chi connectivity index (χ0n) is 15.0. The second kappa shape index (κ2) is 6.83. The molecular formula is C23H25NO. The van der Waals surface area contributed by atoms with Gasteiger partial charge in [-0.25, -0.2) is 0 Å². The van der Waals surface area contributed by atoms with E-state index in [9.17, 15) is 5.11 Å². The summed E-state index contributed by atoms with van der Waals surface area (Å²) in [5.41, 5.74) is 11.2. The molecule has 0 saturated heterocycles. The summed E-state index contributed by atoms with van der Waals surface area (Å²) in [5.74, 6) is 0. The Labute approximate surface area is 150 Å². The molecule has 0 fully saturated rings. The van der Waals surface area contributed by atoms with E-state index in [-0.39, 0.29) is 0 Å². The summed E-state index contributed by atoms with van der Waals surface area (Å²) in [7, 11) is 0. The zero-order chi connectivity index (χ0) is 18.0. The van der Waals surface area contributed by atoms with Gasteiger partial charge in [-0.1, -0.05) is 83.9 Å². The van der Waals surface area contributed by atoms with Gasteiger partial charge in [0, 0.05) is 0 Å². The van der Waals surface area contributed by atoms with Crippen molar-refractivity contribution in [2.75, 3.05) is 0 Å². The molecule has 0 amide bonds. The van der Waals surface area contributed by atoms with Crippen molar-refractivity contribution in [1.29, 1.82) is 0 Å². The molecule has 3 aromatic rings. The van der Waals surface area contributed by atoms with Gasteiger partial charge in [0.25, 0.3) is 0 Å². The van der Waals surface area contributed by atoms with Crippen molar-refractivity contribution in [2.45, 2.75) is 32.4 Å². The van der Waals surface area contributed by atoms with E-state index < -0.39 is 11.6 Å². The summed E-state index contributed by atoms with van der Waals surface area (Å²) in [6, 6.07) is 23.3. The maximum absolute atomic E-state index is 11.9. The number of aryl methyl sites for hydroxylation is 3. The van der Waals surface area contributed by atoms with Crippen molar-refractivity contribution < 1.29 is 5.11 Å². The van der Waals surface area contributed by atoms with Crippen LogP contribution in [0.15, 0.2) is 72.8 Å². The third-order valence-electron chi connectivity index (χ3n) is 4.89. The van der Waals surface area contributed by atoms with E-state index in [2.05, 4.69) is 0 Å². The summed E-state index contributed by atoms with van der Waals surface area (Å²) in [6.45, 7) is 6.08. The monoisotopic (exact) mass is 331 g/mol. The molecule has 0 radical (unpaired) electrons. The van der Waals surface area contributed by atoms with Gasteiger partial charge in [0.1, 0.15) is 5.60 Å². The molecule has 3 N–H and O–H groups in total. The fourth-order valence-corrected chi connectivity index (χ4v) is 3.45. The summed E-state index contributed by atoms with van der Waals surface area (Å²) in [4.78, 5) is 0. The van der Waals surface area contributed by atoms with E-state index in [0.717, 1.165) is 33.4 Å². The first-order valence-electron chi connectivity index (χ1n) is 8.60. The van der Waals surface area contributed by atoms with Gasteiger partial charge in [-0.3, -0.25) is 0 Å². The van der Waals surface area contributed by atoms with Crippen molar-refractivity contribution in [3.05, 3.63) is 106 Å². The summed E-state index contributed by atoms with van der Waals surface area (Å²) in [6.07, 6.45) is 0. The second-order valence-corrected chi connectivity index (χ2v) is 6.84. The molecule has 0 unspecified atom stereocenters. The van der Waals surface area contributed by atoms with E-state index in [1.54, 1.807) is 0 Å². The van der Waals surface area contributed by atoms with Gasteiger partial charge >= 0.3 is 0 Å². The first kappa shape index (κ1) is 17.4. The third kappa shape index (κ3) is 3.23. The highest BCUT2D eigenvalue weighted by Gasteiger charge is 2.39. The van der Waals surface area contributed by atoms with Crippen LogP contribution in [0.4, 0.5) is 0 Å². The molecule has 0 aliphatic rings. The standard InChI is InChI=1S/C23H25NO/c1-16-8-6-11-19(14-16)23(25,20-12-7-9-17(2)15-20)22(24)21-13-5-4-10-18(21)3/h4-15,22,25H,24H2,1-3H3/t22-/m1/s1. The van der Waals surface area contributed by atoms with E-state index >= 15 is 0 Å². The summed E-state index contributed by atoms with van der Waals surface area (Å²) >= 11 is 0. The Morgan fingerprint density at radius 3 is 1.76 bits per heavy atom. The maximum Gasteiger partial charge on any atom is 0.134 e. The molecule has 3 aromatic carbocycles. The highest BCUT2D eigenvalue weighted by Crippen LogP contribution is 2.41. The Bertz CT molecular complexity index is 839. The molecule has 0 aliphatic carbocycles. The second-order valence-electron chi connectivity index (χ2n) is 6.84. The van der Waals surface area contributed by atoms with Crippen LogP contribution in [0.25, 0.3) is 0 Å². The molecule has 25 heavy (non-hydrogen) atoms. The molecule has 0 saturated carbocycles. The molecule has 0 spiro atoms. The van der Waals surface area contributed by atoms with Crippen LogP contribution < -0.4 is 5.73 Å². The average molecular weight is 331 g/mol. The van der Waals surface area contributed by atoms with Gasteiger partial charge in [-0.2, -0.15) is 0 Å². The normalized spacial score (nSPS) is 12.8. The smallest absolute Gasteiger partial charge is 0.134 e. The van der Waals surface area contributed by atoms with Crippen molar-refractivity contribution in [1.82, 2.24) is 0 Å². The van der Waals surface area contributed by atoms with Crippen LogP contribution in [0, 0.1) is 20.8 Å². The number of aliphatic hydroxyl groups is 1. The fraction of sp³-hybridized carbons (Fsp3) is 0.217. The van der Waals surface area contributed by atoms with Crippen molar-refractivity contribution in [2.24, 2.45) is 5.73 Å². The Morgan fingerprint density at radius 1 is 0.760 bits per heavy atom. The molecule has 0 aliphatic heterocycles. The zero-order valence-corrected chi connectivity index (χ0v) is 15.0. The van der Waals surface area contributed by atoms with Crippen LogP contribution in [0.5, 0.6) is 0 Å². The predicted octanol–water partition coefficient (Wildman–Crippen LogP) is 4.55. The van der Waals surface area contributed by atoms with E-state index in [1.807, 2.05) is 93.6 Å². The quantitative estimate of drug-likeness (QED) is 0.737. The number of nitrogens with two attached hydrogens (primary N) is 1. The molecular weight excluding hydrogens is 306 g/mol. The number of rotatable bonds is 4. The van der Waals surface area contributed by atoms with Crippen molar-refractivity contribution >= 4 is 0 Å². The van der Waals surface area contributed by atoms with Crippen LogP contribution in [0.3, 0.4) is 0 Å². The van der Waals surface area contributed by atoms with E-state index in [0.29, 0.717) is 0 Å². The highest BCUT2D eigenvalue weighted by atomic mass is 16.3. The lowest BCUT2D eigenvalue weighted by molar-refractivity contribution is 0.0509. The van der Waals surface area contributed by atoms with Crippen LogP contribution in [0.2, 0.25) is 0 Å². The van der Waals surface area contributed by atoms with Crippen LogP contribution >= 0.6 is 0 Å². The minimum Gasteiger partial charge on any atom is -0.378 e. The molecule has 0 aromatic heterocycles. The summed E-state index contributed by atoms with van der Waals surface area (Å²) < 4.78 is 0. The van der Waals surface area contributed by atoms with E-state index in [1.165, 1.54) is 0 Å². The summed E-state index contributed by atoms with van der Waals surface area (Å²) in [5, 5.41) is 11.9. The van der Waals surface area contributed by atoms with Gasteiger partial charge in [-0.15, -0.1) is 0 Å². The van der Waals surface area contributed by atoms with Crippen molar-refractivity contribution in [3.8, 4) is 0 Å². The molecule has 2 heteroatoms. The first-order valence-corrected chi connectivity index (χ1v) is 8.60. The minimum absolute atomic E-state index is 0.572. The Hall–Kier alpha value is -2.42. The third-order valence-corrected chi connectivity index (χ3v) is 4.89. The Morgan fingerprint density at radius 2 is 1.28 bits per heavy atom. The molecule has 0 bridgehead atoms. The largest absolute Gasteiger partial charge is 0.378 e. The lowest BCUT2D eigenvalue weighted by Gasteiger charge is -2.36. The van der Waals surface area contributed by atoms with Gasteiger partial charge in [0.2, 0.25) is 0 Å². The highest BCUT2D eigenvalue weighted by molar-refractivity contribution is 5.44. The molecule has 0 heterocycles. The van der Waals surface area contributed by atoms with Gasteiger partial charge < -0.3 is 10.8 Å². The lowest BCUT2D eigenvalue weighted by atomic mass is 9.76. The Kier molecular flexibility index (Phi) is 4.76. The average Bonchev–Trinajstić information content (AvgIpc) is 2.61. The maximum atomic E-state index is 11.9. The van der Waals surface area contributed by atoms with Crippen LogP contribution in [-0.2, 0) is 5.60 Å². The molecule has 1 atom stereocenters. The van der Waals surface area contributed by atoms with Crippen molar-refractivity contribution in [3.63, 3.8) is 0 Å². The number of hydrogen-bond acceptors (Lipinski definition) is 2. The predicted molar refractivity (Wildman–Crippen MR) is 103 cm³/mol. The number of benzene rings is 3. The van der Waals surface area contributed by atoms with E-state index in [4.69, 9.17) is 5.73 Å². The van der Waals surface area contributed by atoms with Gasteiger partial charge in [-0.05, 0) is 43.0 Å². The number of hydrogen-bond donors (Lipinski definition) is 2. The molecule has 2 nitrogen and oxygen atoms in total.